The van der Waals surface area contributed by atoms with E-state index in [9.17, 15) is 27.6 Å². The fourth-order valence-electron chi connectivity index (χ4n) is 4.01. The van der Waals surface area contributed by atoms with Gasteiger partial charge in [-0.1, -0.05) is 12.1 Å². The lowest BCUT2D eigenvalue weighted by atomic mass is 10.2. The summed E-state index contributed by atoms with van der Waals surface area (Å²) in [6.07, 6.45) is 6.82. The largest absolute Gasteiger partial charge is 0.345 e. The number of aromatic nitrogens is 3. The van der Waals surface area contributed by atoms with Crippen molar-refractivity contribution in [3.05, 3.63) is 112 Å². The number of rotatable bonds is 10. The topological polar surface area (TPSA) is 89.2 Å². The Morgan fingerprint density at radius 1 is 1.00 bits per heavy atom. The molecule has 2 aromatic carbocycles. The minimum absolute atomic E-state index is 0.0295. The van der Waals surface area contributed by atoms with Gasteiger partial charge in [-0.05, 0) is 49.2 Å². The highest BCUT2D eigenvalue weighted by Crippen LogP contribution is 2.21. The molecule has 11 heteroatoms. The number of fused-ring (bicyclic) bond motifs is 1. The number of anilines is 1. The number of unbranched alkanes of at least 4 members (excludes halogenated alkanes) is 1. The van der Waals surface area contributed by atoms with Crippen molar-refractivity contribution in [1.82, 2.24) is 19.0 Å². The van der Waals surface area contributed by atoms with Crippen molar-refractivity contribution < 1.29 is 22.8 Å². The second kappa shape index (κ2) is 12.5. The van der Waals surface area contributed by atoms with Crippen LogP contribution in [0.5, 0.6) is 0 Å². The van der Waals surface area contributed by atoms with Crippen molar-refractivity contribution in [1.29, 1.82) is 0 Å². The number of pyridine rings is 1. The van der Waals surface area contributed by atoms with E-state index in [1.807, 2.05) is 0 Å². The number of hydrogen-bond donors (Lipinski definition) is 1. The Labute approximate surface area is 228 Å². The minimum Gasteiger partial charge on any atom is -0.345 e. The summed E-state index contributed by atoms with van der Waals surface area (Å²) in [5.41, 5.74) is 0.550. The molecule has 207 valence electrons. The zero-order valence-corrected chi connectivity index (χ0v) is 21.9. The van der Waals surface area contributed by atoms with Gasteiger partial charge in [0.15, 0.2) is 0 Å². The Morgan fingerprint density at radius 2 is 1.75 bits per heavy atom. The number of amides is 2. The highest BCUT2D eigenvalue weighted by Gasteiger charge is 2.16. The molecule has 1 N–H and O–H groups in total. The third-order valence-corrected chi connectivity index (χ3v) is 6.09. The van der Waals surface area contributed by atoms with Gasteiger partial charge in [-0.3, -0.25) is 14.4 Å². The normalized spacial score (nSPS) is 11.3. The van der Waals surface area contributed by atoms with Gasteiger partial charge in [0.1, 0.15) is 29.0 Å². The Morgan fingerprint density at radius 3 is 2.50 bits per heavy atom. The standard InChI is InChI=1S/C29H27F3N5O3/c1-35(2)28(39)9-5-3-4-8-27(38)34-23-7-6-14-36(29(23)40)18-26-33-24-16-21(31)12-13-25(24)37(26)17-19-10-11-20(30)15-22(19)32/h5-16H,3-4,17-18H2,1-2H3,(H,34,38)/b9-5+. The van der Waals surface area contributed by atoms with E-state index in [-0.39, 0.29) is 30.2 Å². The summed E-state index contributed by atoms with van der Waals surface area (Å²) in [6, 6.07) is 10.3. The summed E-state index contributed by atoms with van der Waals surface area (Å²) < 4.78 is 44.7. The molecule has 2 aromatic heterocycles. The molecule has 0 aliphatic carbocycles. The Kier molecular flexibility index (Phi) is 8.83. The molecule has 4 rings (SSSR count). The molecule has 40 heavy (non-hydrogen) atoms. The van der Waals surface area contributed by atoms with E-state index in [4.69, 9.17) is 0 Å². The van der Waals surface area contributed by atoms with Gasteiger partial charge in [-0.15, -0.1) is 0 Å². The van der Waals surface area contributed by atoms with E-state index in [2.05, 4.69) is 10.3 Å². The predicted molar refractivity (Wildman–Crippen MR) is 145 cm³/mol. The molecular formula is C29H27F3N5O3. The number of carbonyl (C=O) groups excluding carboxylic acids is 2. The number of carbonyl (C=O) groups is 2. The first-order chi connectivity index (χ1) is 19.1. The number of imidazole rings is 1. The summed E-state index contributed by atoms with van der Waals surface area (Å²) in [5, 5.41) is 2.57. The van der Waals surface area contributed by atoms with Gasteiger partial charge in [0, 0.05) is 38.0 Å². The van der Waals surface area contributed by atoms with Gasteiger partial charge in [0.05, 0.1) is 30.5 Å². The average molecular weight is 551 g/mol. The van der Waals surface area contributed by atoms with Crippen LogP contribution in [-0.4, -0.2) is 44.9 Å². The van der Waals surface area contributed by atoms with Gasteiger partial charge in [-0.2, -0.15) is 0 Å². The lowest BCUT2D eigenvalue weighted by molar-refractivity contribution is -0.123. The third kappa shape index (κ3) is 6.85. The number of halogens is 3. The number of hydrogen-bond acceptors (Lipinski definition) is 4. The number of benzene rings is 2. The van der Waals surface area contributed by atoms with Crippen LogP contribution in [0.15, 0.2) is 71.7 Å². The molecule has 0 aliphatic rings. The van der Waals surface area contributed by atoms with Gasteiger partial charge in [-0.25, -0.2) is 18.2 Å². The van der Waals surface area contributed by atoms with Crippen molar-refractivity contribution in [3.8, 4) is 0 Å². The molecule has 2 heterocycles. The lowest BCUT2D eigenvalue weighted by Crippen LogP contribution is -2.26. The van der Waals surface area contributed by atoms with Crippen molar-refractivity contribution in [2.24, 2.45) is 0 Å². The first kappa shape index (κ1) is 28.3. The first-order valence-electron chi connectivity index (χ1n) is 12.4. The monoisotopic (exact) mass is 550 g/mol. The number of nitrogens with one attached hydrogen (secondary N) is 1. The van der Waals surface area contributed by atoms with Crippen LogP contribution in [0.4, 0.5) is 18.9 Å². The molecule has 0 aliphatic heterocycles. The van der Waals surface area contributed by atoms with Crippen LogP contribution < -0.4 is 10.9 Å². The minimum atomic E-state index is -0.743. The van der Waals surface area contributed by atoms with E-state index in [1.54, 1.807) is 30.8 Å². The molecule has 4 aromatic rings. The fourth-order valence-corrected chi connectivity index (χ4v) is 4.01. The molecule has 0 spiro atoms. The highest BCUT2D eigenvalue weighted by atomic mass is 19.1. The SMILES string of the molecule is CN(C)C(=O)/C=C/CC[CH]C(=O)Nc1cccn(Cc2nc3cc(F)ccc3n2Cc2ccc(F)cc2F)c1=O. The summed E-state index contributed by atoms with van der Waals surface area (Å²) in [7, 11) is 3.28. The summed E-state index contributed by atoms with van der Waals surface area (Å²) in [4.78, 5) is 43.0. The second-order valence-electron chi connectivity index (χ2n) is 9.24. The van der Waals surface area contributed by atoms with Gasteiger partial charge >= 0.3 is 0 Å². The molecule has 1 radical (unpaired) electrons. The van der Waals surface area contributed by atoms with E-state index in [0.29, 0.717) is 29.7 Å². The highest BCUT2D eigenvalue weighted by molar-refractivity contribution is 5.96. The van der Waals surface area contributed by atoms with E-state index >= 15 is 0 Å². The zero-order chi connectivity index (χ0) is 28.8. The van der Waals surface area contributed by atoms with Crippen LogP contribution in [0, 0.1) is 23.9 Å². The van der Waals surface area contributed by atoms with Crippen LogP contribution in [0.1, 0.15) is 24.2 Å². The molecule has 0 atom stereocenters. The number of allylic oxidation sites excluding steroid dienone is 1. The summed E-state index contributed by atoms with van der Waals surface area (Å²) >= 11 is 0. The number of likely N-dealkylation sites (N-methyl/N-ethyl adjacent to an activating group) is 1. The molecular weight excluding hydrogens is 523 g/mol. The molecule has 0 saturated heterocycles. The summed E-state index contributed by atoms with van der Waals surface area (Å²) in [5.74, 6) is -2.26. The predicted octanol–water partition coefficient (Wildman–Crippen LogP) is 4.28. The lowest BCUT2D eigenvalue weighted by Gasteiger charge is -2.13. The van der Waals surface area contributed by atoms with Crippen molar-refractivity contribution in [2.45, 2.75) is 25.9 Å². The Hall–Kier alpha value is -4.67. The molecule has 0 bridgehead atoms. The van der Waals surface area contributed by atoms with Crippen molar-refractivity contribution >= 4 is 28.5 Å². The van der Waals surface area contributed by atoms with Crippen molar-refractivity contribution in [2.75, 3.05) is 19.4 Å². The van der Waals surface area contributed by atoms with Crippen LogP contribution in [0.2, 0.25) is 0 Å². The Balaban J connectivity index is 1.52. The third-order valence-electron chi connectivity index (χ3n) is 6.09. The first-order valence-corrected chi connectivity index (χ1v) is 12.4. The maximum atomic E-state index is 14.4. The van der Waals surface area contributed by atoms with Crippen LogP contribution in [0.3, 0.4) is 0 Å². The van der Waals surface area contributed by atoms with Crippen LogP contribution in [-0.2, 0) is 22.7 Å². The van der Waals surface area contributed by atoms with Gasteiger partial charge < -0.3 is 19.4 Å². The van der Waals surface area contributed by atoms with Crippen molar-refractivity contribution in [3.63, 3.8) is 0 Å². The van der Waals surface area contributed by atoms with E-state index in [1.165, 1.54) is 58.5 Å². The molecule has 0 saturated carbocycles. The van der Waals surface area contributed by atoms with Gasteiger partial charge in [0.2, 0.25) is 11.8 Å². The second-order valence-corrected chi connectivity index (χ2v) is 9.24. The molecule has 8 nitrogen and oxygen atoms in total. The molecule has 2 amide bonds. The molecule has 0 fully saturated rings. The van der Waals surface area contributed by atoms with Crippen LogP contribution >= 0.6 is 0 Å². The molecule has 0 unspecified atom stereocenters. The van der Waals surface area contributed by atoms with Gasteiger partial charge in [0.25, 0.3) is 5.56 Å². The zero-order valence-electron chi connectivity index (χ0n) is 21.9. The number of nitrogens with zero attached hydrogens (tertiary/aromatic N) is 4. The average Bonchev–Trinajstić information content (AvgIpc) is 3.23. The van der Waals surface area contributed by atoms with E-state index < -0.39 is 28.9 Å². The summed E-state index contributed by atoms with van der Waals surface area (Å²) in [6.45, 7) is -0.0889. The fraction of sp³-hybridized carbons (Fsp3) is 0.207. The smallest absolute Gasteiger partial charge is 0.274 e. The Bertz CT molecular complexity index is 1640. The maximum absolute atomic E-state index is 14.4. The quantitative estimate of drug-likeness (QED) is 0.236. The van der Waals surface area contributed by atoms with Crippen LogP contribution in [0.25, 0.3) is 11.0 Å². The van der Waals surface area contributed by atoms with E-state index in [0.717, 1.165) is 12.1 Å². The maximum Gasteiger partial charge on any atom is 0.274 e.